The first kappa shape index (κ1) is 19.6. The first-order chi connectivity index (χ1) is 14.3. The molecule has 1 N–H and O–H groups in total. The van der Waals surface area contributed by atoms with E-state index in [-0.39, 0.29) is 11.9 Å². The maximum atomic E-state index is 12.7. The average molecular weight is 408 g/mol. The number of nitrogens with one attached hydrogen (secondary N) is 1. The fourth-order valence-corrected chi connectivity index (χ4v) is 4.21. The van der Waals surface area contributed by atoms with E-state index in [2.05, 4.69) is 44.1 Å². The monoisotopic (exact) mass is 407 g/mol. The van der Waals surface area contributed by atoms with Gasteiger partial charge in [-0.05, 0) is 37.0 Å². The Balaban J connectivity index is 1.43. The molecular weight excluding hydrogens is 382 g/mol. The van der Waals surface area contributed by atoms with E-state index in [1.165, 1.54) is 11.8 Å². The van der Waals surface area contributed by atoms with Gasteiger partial charge in [-0.2, -0.15) is 0 Å². The van der Waals surface area contributed by atoms with Gasteiger partial charge in [-0.3, -0.25) is 14.3 Å². The molecule has 150 valence electrons. The maximum Gasteiger partial charge on any atom is 0.230 e. The van der Waals surface area contributed by atoms with Crippen molar-refractivity contribution in [1.29, 1.82) is 0 Å². The predicted octanol–water partition coefficient (Wildman–Crippen LogP) is 4.42. The molecule has 1 amide bonds. The molecule has 29 heavy (non-hydrogen) atoms. The van der Waals surface area contributed by atoms with Crippen LogP contribution in [0.15, 0.2) is 60.0 Å². The quantitative estimate of drug-likeness (QED) is 0.532. The van der Waals surface area contributed by atoms with Crippen LogP contribution in [-0.4, -0.2) is 31.4 Å². The fourth-order valence-electron chi connectivity index (χ4n) is 3.40. The molecule has 0 unspecified atom stereocenters. The van der Waals surface area contributed by atoms with Gasteiger partial charge in [-0.25, -0.2) is 0 Å². The number of pyridine rings is 1. The van der Waals surface area contributed by atoms with Crippen LogP contribution >= 0.6 is 11.8 Å². The maximum absolute atomic E-state index is 12.7. The van der Waals surface area contributed by atoms with Gasteiger partial charge >= 0.3 is 0 Å². The summed E-state index contributed by atoms with van der Waals surface area (Å²) in [5, 5.41) is 12.8. The number of carbonyl (C=O) groups is 1. The zero-order valence-electron chi connectivity index (χ0n) is 16.5. The normalized spacial score (nSPS) is 14.5. The third-order valence-corrected chi connectivity index (χ3v) is 5.91. The number of aromatic nitrogens is 4. The standard InChI is InChI=1S/C22H25N5OS/c1-2-6-19(16-7-4-3-5-8-16)24-20(28)15-29-22-26-25-21(27(22)18-9-10-18)17-11-13-23-14-12-17/h3-5,7-8,11-14,18-19H,2,6,9-10,15H2,1H3,(H,24,28)/t19-/m0/s1. The van der Waals surface area contributed by atoms with E-state index in [9.17, 15) is 4.79 Å². The molecule has 1 aliphatic carbocycles. The lowest BCUT2D eigenvalue weighted by Gasteiger charge is -2.18. The van der Waals surface area contributed by atoms with Crippen LogP contribution in [0.2, 0.25) is 0 Å². The van der Waals surface area contributed by atoms with Crippen LogP contribution in [0, 0.1) is 0 Å². The Morgan fingerprint density at radius 3 is 2.62 bits per heavy atom. The Morgan fingerprint density at radius 2 is 1.93 bits per heavy atom. The lowest BCUT2D eigenvalue weighted by molar-refractivity contribution is -0.119. The number of carbonyl (C=O) groups excluding carboxylic acids is 1. The summed E-state index contributed by atoms with van der Waals surface area (Å²) in [4.78, 5) is 16.7. The molecule has 0 spiro atoms. The van der Waals surface area contributed by atoms with Crippen LogP contribution in [0.5, 0.6) is 0 Å². The van der Waals surface area contributed by atoms with E-state index in [0.29, 0.717) is 11.8 Å². The molecular formula is C22H25N5OS. The van der Waals surface area contributed by atoms with Gasteiger partial charge in [-0.1, -0.05) is 55.4 Å². The number of benzene rings is 1. The molecule has 1 fully saturated rings. The molecule has 1 aromatic carbocycles. The van der Waals surface area contributed by atoms with Gasteiger partial charge in [0.15, 0.2) is 11.0 Å². The van der Waals surface area contributed by atoms with Crippen molar-refractivity contribution in [2.75, 3.05) is 5.75 Å². The minimum Gasteiger partial charge on any atom is -0.349 e. The average Bonchev–Trinajstić information content (AvgIpc) is 3.52. The van der Waals surface area contributed by atoms with Crippen molar-refractivity contribution in [2.24, 2.45) is 0 Å². The molecule has 2 aromatic heterocycles. The Hall–Kier alpha value is -2.67. The fraction of sp³-hybridized carbons (Fsp3) is 0.364. The van der Waals surface area contributed by atoms with E-state index < -0.39 is 0 Å². The molecule has 2 heterocycles. The Bertz CT molecular complexity index is 940. The highest BCUT2D eigenvalue weighted by Gasteiger charge is 2.30. The van der Waals surface area contributed by atoms with E-state index in [4.69, 9.17) is 0 Å². The number of hydrogen-bond acceptors (Lipinski definition) is 5. The second-order valence-corrected chi connectivity index (χ2v) is 8.19. The van der Waals surface area contributed by atoms with Gasteiger partial charge in [-0.15, -0.1) is 10.2 Å². The molecule has 6 nitrogen and oxygen atoms in total. The van der Waals surface area contributed by atoms with Crippen molar-refractivity contribution in [3.63, 3.8) is 0 Å². The van der Waals surface area contributed by atoms with Crippen LogP contribution < -0.4 is 5.32 Å². The van der Waals surface area contributed by atoms with Crippen molar-refractivity contribution in [1.82, 2.24) is 25.1 Å². The summed E-state index contributed by atoms with van der Waals surface area (Å²) in [6.45, 7) is 2.13. The minimum absolute atomic E-state index is 0.0214. The molecule has 4 rings (SSSR count). The van der Waals surface area contributed by atoms with Crippen molar-refractivity contribution < 1.29 is 4.79 Å². The largest absolute Gasteiger partial charge is 0.349 e. The molecule has 3 aromatic rings. The highest BCUT2D eigenvalue weighted by Crippen LogP contribution is 2.40. The first-order valence-electron chi connectivity index (χ1n) is 10.1. The lowest BCUT2D eigenvalue weighted by Crippen LogP contribution is -2.30. The van der Waals surface area contributed by atoms with E-state index in [0.717, 1.165) is 47.8 Å². The van der Waals surface area contributed by atoms with Crippen molar-refractivity contribution in [3.8, 4) is 11.4 Å². The van der Waals surface area contributed by atoms with Crippen molar-refractivity contribution in [2.45, 2.75) is 49.8 Å². The Morgan fingerprint density at radius 1 is 1.17 bits per heavy atom. The summed E-state index contributed by atoms with van der Waals surface area (Å²) in [5.41, 5.74) is 2.15. The van der Waals surface area contributed by atoms with Crippen LogP contribution in [0.25, 0.3) is 11.4 Å². The van der Waals surface area contributed by atoms with Gasteiger partial charge in [0.1, 0.15) is 0 Å². The molecule has 7 heteroatoms. The molecule has 1 aliphatic rings. The van der Waals surface area contributed by atoms with Crippen molar-refractivity contribution in [3.05, 3.63) is 60.4 Å². The zero-order valence-corrected chi connectivity index (χ0v) is 17.3. The topological polar surface area (TPSA) is 72.7 Å². The summed E-state index contributed by atoms with van der Waals surface area (Å²) >= 11 is 1.46. The summed E-state index contributed by atoms with van der Waals surface area (Å²) in [5.74, 6) is 1.20. The minimum atomic E-state index is 0.0214. The predicted molar refractivity (Wildman–Crippen MR) is 114 cm³/mol. The van der Waals surface area contributed by atoms with Gasteiger partial charge in [0.25, 0.3) is 0 Å². The number of nitrogens with zero attached hydrogens (tertiary/aromatic N) is 4. The van der Waals surface area contributed by atoms with Gasteiger partial charge in [0.2, 0.25) is 5.91 Å². The SMILES string of the molecule is CCC[C@H](NC(=O)CSc1nnc(-c2ccncc2)n1C1CC1)c1ccccc1. The number of thioether (sulfide) groups is 1. The Kier molecular flexibility index (Phi) is 6.24. The Labute approximate surface area is 175 Å². The van der Waals surface area contributed by atoms with Crippen LogP contribution in [0.3, 0.4) is 0 Å². The van der Waals surface area contributed by atoms with Crippen LogP contribution in [0.4, 0.5) is 0 Å². The summed E-state index contributed by atoms with van der Waals surface area (Å²) in [6.07, 6.45) is 7.71. The summed E-state index contributed by atoms with van der Waals surface area (Å²) in [7, 11) is 0. The smallest absolute Gasteiger partial charge is 0.230 e. The number of amides is 1. The molecule has 0 bridgehead atoms. The first-order valence-corrected chi connectivity index (χ1v) is 11.1. The molecule has 0 aliphatic heterocycles. The van der Waals surface area contributed by atoms with E-state index >= 15 is 0 Å². The lowest BCUT2D eigenvalue weighted by atomic mass is 10.0. The molecule has 0 saturated heterocycles. The van der Waals surface area contributed by atoms with Crippen LogP contribution in [-0.2, 0) is 4.79 Å². The van der Waals surface area contributed by atoms with Crippen molar-refractivity contribution >= 4 is 17.7 Å². The van der Waals surface area contributed by atoms with Gasteiger partial charge in [0, 0.05) is 24.0 Å². The van der Waals surface area contributed by atoms with Gasteiger partial charge < -0.3 is 5.32 Å². The zero-order chi connectivity index (χ0) is 20.1. The highest BCUT2D eigenvalue weighted by molar-refractivity contribution is 7.99. The van der Waals surface area contributed by atoms with E-state index in [1.807, 2.05) is 30.3 Å². The molecule has 0 radical (unpaired) electrons. The third-order valence-electron chi connectivity index (χ3n) is 4.96. The number of hydrogen-bond donors (Lipinski definition) is 1. The number of rotatable bonds is 9. The summed E-state index contributed by atoms with van der Waals surface area (Å²) < 4.78 is 2.17. The highest BCUT2D eigenvalue weighted by atomic mass is 32.2. The van der Waals surface area contributed by atoms with E-state index in [1.54, 1.807) is 12.4 Å². The second kappa shape index (κ2) is 9.22. The second-order valence-electron chi connectivity index (χ2n) is 7.25. The van der Waals surface area contributed by atoms with Gasteiger partial charge in [0.05, 0.1) is 11.8 Å². The van der Waals surface area contributed by atoms with Crippen LogP contribution in [0.1, 0.15) is 50.3 Å². The third kappa shape index (κ3) is 4.85. The summed E-state index contributed by atoms with van der Waals surface area (Å²) in [6, 6.07) is 14.5. The molecule has 1 atom stereocenters. The molecule has 1 saturated carbocycles.